The highest BCUT2D eigenvalue weighted by molar-refractivity contribution is 8.00. The molecule has 1 saturated heterocycles. The maximum Gasteiger partial charge on any atom is 0.308 e. The van der Waals surface area contributed by atoms with Crippen molar-refractivity contribution >= 4 is 87.0 Å². The number of para-hydroxylation sites is 1. The third-order valence-corrected chi connectivity index (χ3v) is 10.5. The van der Waals surface area contributed by atoms with E-state index in [1.807, 2.05) is 0 Å². The smallest absolute Gasteiger partial charge is 0.308 e. The van der Waals surface area contributed by atoms with Crippen LogP contribution in [0.1, 0.15) is 16.4 Å². The van der Waals surface area contributed by atoms with Crippen LogP contribution >= 0.6 is 57.9 Å². The lowest BCUT2D eigenvalue weighted by molar-refractivity contribution is -0.122. The number of rotatable bonds is 5. The van der Waals surface area contributed by atoms with Crippen LogP contribution in [0.4, 0.5) is 11.4 Å². The first-order chi connectivity index (χ1) is 19.2. The Morgan fingerprint density at radius 3 is 2.33 bits per heavy atom. The zero-order valence-electron chi connectivity index (χ0n) is 20.3. The second kappa shape index (κ2) is 10.7. The van der Waals surface area contributed by atoms with E-state index in [2.05, 4.69) is 5.32 Å². The monoisotopic (exact) mass is 629 g/mol. The molecule has 0 aliphatic carbocycles. The van der Waals surface area contributed by atoms with Gasteiger partial charge in [-0.3, -0.25) is 23.7 Å². The SMILES string of the molecule is O=C(Cn1c2c(sc1=O)C(c1cccc(Cl)c1Cl)C1C(=O)N(c3ccccc3)C(=O)C1S2)Nc1ccc(Cl)cc1. The van der Waals surface area contributed by atoms with Crippen molar-refractivity contribution in [2.75, 3.05) is 10.2 Å². The van der Waals surface area contributed by atoms with Crippen molar-refractivity contribution in [1.82, 2.24) is 4.57 Å². The van der Waals surface area contributed by atoms with Crippen LogP contribution in [0.3, 0.4) is 0 Å². The van der Waals surface area contributed by atoms with Gasteiger partial charge in [-0.05, 0) is 48.0 Å². The Morgan fingerprint density at radius 1 is 0.875 bits per heavy atom. The van der Waals surface area contributed by atoms with Crippen LogP contribution in [0.15, 0.2) is 82.6 Å². The van der Waals surface area contributed by atoms with E-state index < -0.39 is 28.9 Å². The summed E-state index contributed by atoms with van der Waals surface area (Å²) in [7, 11) is 0. The van der Waals surface area contributed by atoms with Gasteiger partial charge in [-0.2, -0.15) is 0 Å². The summed E-state index contributed by atoms with van der Waals surface area (Å²) in [5, 5.41) is 3.45. The maximum atomic E-state index is 13.9. The molecule has 202 valence electrons. The number of benzene rings is 3. The van der Waals surface area contributed by atoms with Crippen LogP contribution in [0.2, 0.25) is 15.1 Å². The Hall–Kier alpha value is -3.08. The molecule has 4 aromatic rings. The van der Waals surface area contributed by atoms with Crippen molar-refractivity contribution in [1.29, 1.82) is 0 Å². The number of fused-ring (bicyclic) bond motifs is 2. The first kappa shape index (κ1) is 27.1. The fraction of sp³-hybridized carbons (Fsp3) is 0.143. The number of aromatic nitrogens is 1. The van der Waals surface area contributed by atoms with Gasteiger partial charge in [-0.25, -0.2) is 4.90 Å². The van der Waals surface area contributed by atoms with E-state index in [1.165, 1.54) is 9.47 Å². The zero-order valence-corrected chi connectivity index (χ0v) is 24.2. The molecule has 1 N–H and O–H groups in total. The molecule has 2 aliphatic rings. The first-order valence-corrected chi connectivity index (χ1v) is 14.9. The molecule has 0 spiro atoms. The van der Waals surface area contributed by atoms with Crippen LogP contribution in [-0.2, 0) is 20.9 Å². The number of hydrogen-bond acceptors (Lipinski definition) is 6. The minimum atomic E-state index is -0.833. The van der Waals surface area contributed by atoms with Gasteiger partial charge in [-0.15, -0.1) is 0 Å². The molecule has 3 unspecified atom stereocenters. The molecule has 1 aromatic heterocycles. The fourth-order valence-corrected chi connectivity index (χ4v) is 8.38. The van der Waals surface area contributed by atoms with E-state index in [1.54, 1.807) is 72.8 Å². The van der Waals surface area contributed by atoms with E-state index in [4.69, 9.17) is 34.8 Å². The summed E-state index contributed by atoms with van der Waals surface area (Å²) >= 11 is 21.0. The van der Waals surface area contributed by atoms with Crippen molar-refractivity contribution in [3.63, 3.8) is 0 Å². The lowest BCUT2D eigenvalue weighted by Crippen LogP contribution is -2.33. The summed E-state index contributed by atoms with van der Waals surface area (Å²) in [6, 6.07) is 20.4. The fourth-order valence-electron chi connectivity index (χ4n) is 5.06. The van der Waals surface area contributed by atoms with Crippen LogP contribution in [0, 0.1) is 5.92 Å². The van der Waals surface area contributed by atoms with Crippen molar-refractivity contribution in [3.8, 4) is 0 Å². The second-order valence-corrected chi connectivity index (χ2v) is 12.6. The quantitative estimate of drug-likeness (QED) is 0.261. The first-order valence-electron chi connectivity index (χ1n) is 12.1. The topological polar surface area (TPSA) is 88.5 Å². The van der Waals surface area contributed by atoms with E-state index >= 15 is 0 Å². The van der Waals surface area contributed by atoms with Gasteiger partial charge in [0.25, 0.3) is 0 Å². The van der Waals surface area contributed by atoms with Gasteiger partial charge < -0.3 is 5.32 Å². The number of nitrogens with zero attached hydrogens (tertiary/aromatic N) is 2. The molecule has 0 radical (unpaired) electrons. The molecule has 1 fully saturated rings. The van der Waals surface area contributed by atoms with Gasteiger partial charge in [0.05, 0.1) is 26.7 Å². The summed E-state index contributed by atoms with van der Waals surface area (Å²) in [4.78, 5) is 55.3. The van der Waals surface area contributed by atoms with Gasteiger partial charge in [0.1, 0.15) is 11.8 Å². The highest BCUT2D eigenvalue weighted by Crippen LogP contribution is 2.55. The van der Waals surface area contributed by atoms with Crippen molar-refractivity contribution in [3.05, 3.63) is 108 Å². The Labute approximate surface area is 251 Å². The van der Waals surface area contributed by atoms with Gasteiger partial charge >= 0.3 is 4.87 Å². The molecule has 0 saturated carbocycles. The average molecular weight is 631 g/mol. The zero-order chi connectivity index (χ0) is 28.1. The minimum Gasteiger partial charge on any atom is -0.325 e. The second-order valence-electron chi connectivity index (χ2n) is 9.21. The van der Waals surface area contributed by atoms with Crippen LogP contribution in [0.5, 0.6) is 0 Å². The van der Waals surface area contributed by atoms with Gasteiger partial charge in [0.15, 0.2) is 0 Å². The number of imide groups is 1. The maximum absolute atomic E-state index is 13.9. The number of halogens is 3. The number of carbonyl (C=O) groups excluding carboxylic acids is 3. The minimum absolute atomic E-state index is 0.247. The number of amides is 3. The lowest BCUT2D eigenvalue weighted by atomic mass is 9.83. The Kier molecular flexibility index (Phi) is 7.27. The Morgan fingerprint density at radius 2 is 1.60 bits per heavy atom. The van der Waals surface area contributed by atoms with Gasteiger partial charge in [0.2, 0.25) is 17.7 Å². The van der Waals surface area contributed by atoms with Gasteiger partial charge in [0, 0.05) is 21.5 Å². The number of nitrogens with one attached hydrogen (secondary N) is 1. The molecule has 12 heteroatoms. The number of thiazole rings is 1. The molecule has 3 atom stereocenters. The number of carbonyl (C=O) groups is 3. The van der Waals surface area contributed by atoms with E-state index in [0.29, 0.717) is 36.9 Å². The van der Waals surface area contributed by atoms with E-state index in [-0.39, 0.29) is 22.3 Å². The van der Waals surface area contributed by atoms with E-state index in [0.717, 1.165) is 23.1 Å². The van der Waals surface area contributed by atoms with Crippen LogP contribution < -0.4 is 15.1 Å². The molecule has 3 aromatic carbocycles. The lowest BCUT2D eigenvalue weighted by Gasteiger charge is -2.31. The van der Waals surface area contributed by atoms with E-state index in [9.17, 15) is 19.2 Å². The molecule has 3 amide bonds. The van der Waals surface area contributed by atoms with Crippen molar-refractivity contribution < 1.29 is 14.4 Å². The summed E-state index contributed by atoms with van der Waals surface area (Å²) < 4.78 is 1.35. The Bertz CT molecular complexity index is 1720. The number of anilines is 2. The molecular formula is C28H18Cl3N3O4S2. The third kappa shape index (κ3) is 4.65. The predicted molar refractivity (Wildman–Crippen MR) is 159 cm³/mol. The Balaban J connectivity index is 1.44. The third-order valence-electron chi connectivity index (χ3n) is 6.81. The van der Waals surface area contributed by atoms with Crippen LogP contribution in [-0.4, -0.2) is 27.5 Å². The highest BCUT2D eigenvalue weighted by Gasteiger charge is 2.57. The molecule has 0 bridgehead atoms. The largest absolute Gasteiger partial charge is 0.325 e. The molecule has 2 aliphatic heterocycles. The average Bonchev–Trinajstić information content (AvgIpc) is 3.38. The van der Waals surface area contributed by atoms with Gasteiger partial charge in [-0.1, -0.05) is 88.2 Å². The standard InChI is InChI=1S/C28H18Cl3N3O4S2/c29-14-9-11-15(12-10-14)32-19(35)13-33-27-24(40-28(33)38)20(17-7-4-8-18(30)22(17)31)21-23(39-27)26(37)34(25(21)36)16-5-2-1-3-6-16/h1-12,20-21,23H,13H2,(H,32,35). The van der Waals surface area contributed by atoms with Crippen LogP contribution in [0.25, 0.3) is 0 Å². The molecular weight excluding hydrogens is 613 g/mol. The number of thioether (sulfide) groups is 1. The van der Waals surface area contributed by atoms with Crippen molar-refractivity contribution in [2.45, 2.75) is 22.7 Å². The summed E-state index contributed by atoms with van der Waals surface area (Å²) in [5.74, 6) is -2.74. The molecule has 6 rings (SSSR count). The summed E-state index contributed by atoms with van der Waals surface area (Å²) in [6.45, 7) is -0.280. The molecule has 3 heterocycles. The highest BCUT2D eigenvalue weighted by atomic mass is 35.5. The predicted octanol–water partition coefficient (Wildman–Crippen LogP) is 6.30. The normalized spacial score (nSPS) is 19.9. The van der Waals surface area contributed by atoms with Crippen molar-refractivity contribution in [2.24, 2.45) is 5.92 Å². The summed E-state index contributed by atoms with van der Waals surface area (Å²) in [6.07, 6.45) is 0. The number of hydrogen-bond donors (Lipinski definition) is 1. The summed E-state index contributed by atoms with van der Waals surface area (Å²) in [5.41, 5.74) is 1.53. The molecule has 40 heavy (non-hydrogen) atoms. The molecule has 7 nitrogen and oxygen atoms in total.